The summed E-state index contributed by atoms with van der Waals surface area (Å²) >= 11 is 0. The van der Waals surface area contributed by atoms with Crippen LogP contribution < -0.4 is 10.6 Å². The van der Waals surface area contributed by atoms with Crippen LogP contribution in [0.5, 0.6) is 0 Å². The normalized spacial score (nSPS) is 13.2. The fraction of sp³-hybridized carbons (Fsp3) is 0.462. The molecular formula is C26H33F3N4O3. The molecule has 0 saturated carbocycles. The van der Waals surface area contributed by atoms with Crippen LogP contribution >= 0.6 is 0 Å². The number of hydrogen-bond acceptors (Lipinski definition) is 5. The Labute approximate surface area is 209 Å². The molecule has 10 heteroatoms. The SMILES string of the molecule is CCCOC(=O)N1CCc2c(cccc2NCC(=O)N(CCNC)Cc2ccccc2C(F)(F)F)C1. The number of anilines is 1. The molecule has 36 heavy (non-hydrogen) atoms. The summed E-state index contributed by atoms with van der Waals surface area (Å²) in [6.45, 7) is 3.76. The van der Waals surface area contributed by atoms with Gasteiger partial charge in [-0.15, -0.1) is 0 Å². The summed E-state index contributed by atoms with van der Waals surface area (Å²) < 4.78 is 45.6. The number of carbonyl (C=O) groups excluding carboxylic acids is 2. The Morgan fingerprint density at radius 3 is 2.64 bits per heavy atom. The first kappa shape index (κ1) is 27.3. The number of nitrogens with zero attached hydrogens (tertiary/aromatic N) is 2. The second kappa shape index (κ2) is 12.6. The van der Waals surface area contributed by atoms with E-state index < -0.39 is 11.7 Å². The Morgan fingerprint density at radius 1 is 1.14 bits per heavy atom. The first-order chi connectivity index (χ1) is 17.2. The van der Waals surface area contributed by atoms with E-state index in [1.165, 1.54) is 17.0 Å². The molecule has 7 nitrogen and oxygen atoms in total. The lowest BCUT2D eigenvalue weighted by atomic mass is 9.98. The molecule has 2 amide bonds. The lowest BCUT2D eigenvalue weighted by Crippen LogP contribution is -2.40. The van der Waals surface area contributed by atoms with E-state index in [4.69, 9.17) is 4.74 Å². The van der Waals surface area contributed by atoms with E-state index in [0.29, 0.717) is 32.7 Å². The van der Waals surface area contributed by atoms with Crippen LogP contribution in [0.15, 0.2) is 42.5 Å². The number of fused-ring (bicyclic) bond motifs is 1. The molecule has 2 N–H and O–H groups in total. The molecule has 1 aliphatic heterocycles. The average Bonchev–Trinajstić information content (AvgIpc) is 2.87. The number of benzene rings is 2. The van der Waals surface area contributed by atoms with E-state index in [2.05, 4.69) is 10.6 Å². The Kier molecular flexibility index (Phi) is 9.58. The number of ether oxygens (including phenoxy) is 1. The molecule has 0 bridgehead atoms. The Hall–Kier alpha value is -3.27. The van der Waals surface area contributed by atoms with Crippen molar-refractivity contribution in [3.63, 3.8) is 0 Å². The highest BCUT2D eigenvalue weighted by Gasteiger charge is 2.33. The summed E-state index contributed by atoms with van der Waals surface area (Å²) in [5, 5.41) is 6.12. The Balaban J connectivity index is 1.69. The molecule has 0 aromatic heterocycles. The molecule has 2 aromatic rings. The summed E-state index contributed by atoms with van der Waals surface area (Å²) in [5.41, 5.74) is 2.10. The van der Waals surface area contributed by atoms with Gasteiger partial charge in [0.1, 0.15) is 0 Å². The number of likely N-dealkylation sites (N-methyl/N-ethyl adjacent to an activating group) is 1. The van der Waals surface area contributed by atoms with Crippen LogP contribution in [0.3, 0.4) is 0 Å². The van der Waals surface area contributed by atoms with Gasteiger partial charge in [-0.05, 0) is 48.7 Å². The third-order valence-electron chi connectivity index (χ3n) is 6.05. The van der Waals surface area contributed by atoms with Gasteiger partial charge < -0.3 is 25.2 Å². The van der Waals surface area contributed by atoms with Gasteiger partial charge in [0.2, 0.25) is 5.91 Å². The van der Waals surface area contributed by atoms with E-state index in [1.807, 2.05) is 25.1 Å². The van der Waals surface area contributed by atoms with Gasteiger partial charge >= 0.3 is 12.3 Å². The monoisotopic (exact) mass is 506 g/mol. The van der Waals surface area contributed by atoms with Crippen LogP contribution in [0.25, 0.3) is 0 Å². The van der Waals surface area contributed by atoms with Gasteiger partial charge in [-0.1, -0.05) is 37.3 Å². The molecule has 2 aromatic carbocycles. The van der Waals surface area contributed by atoms with E-state index in [9.17, 15) is 22.8 Å². The number of carbonyl (C=O) groups is 2. The van der Waals surface area contributed by atoms with Crippen LogP contribution in [0.1, 0.15) is 35.6 Å². The molecule has 0 spiro atoms. The van der Waals surface area contributed by atoms with Gasteiger partial charge in [0.25, 0.3) is 0 Å². The topological polar surface area (TPSA) is 73.9 Å². The number of halogens is 3. The minimum absolute atomic E-state index is 0.0570. The van der Waals surface area contributed by atoms with Gasteiger partial charge in [0.15, 0.2) is 0 Å². The van der Waals surface area contributed by atoms with Crippen molar-refractivity contribution in [1.29, 1.82) is 0 Å². The summed E-state index contributed by atoms with van der Waals surface area (Å²) in [6, 6.07) is 11.0. The zero-order chi connectivity index (χ0) is 26.1. The minimum atomic E-state index is -4.49. The zero-order valence-electron chi connectivity index (χ0n) is 20.7. The van der Waals surface area contributed by atoms with Crippen molar-refractivity contribution >= 4 is 17.7 Å². The van der Waals surface area contributed by atoms with E-state index in [1.54, 1.807) is 18.0 Å². The second-order valence-electron chi connectivity index (χ2n) is 8.66. The van der Waals surface area contributed by atoms with Crippen LogP contribution in [-0.4, -0.2) is 61.6 Å². The predicted octanol–water partition coefficient (Wildman–Crippen LogP) is 4.27. The molecule has 1 heterocycles. The maximum absolute atomic E-state index is 13.5. The quantitative estimate of drug-likeness (QED) is 0.504. The Bertz CT molecular complexity index is 1050. The molecule has 0 radical (unpaired) electrons. The molecule has 0 unspecified atom stereocenters. The number of alkyl halides is 3. The van der Waals surface area contributed by atoms with Crippen molar-refractivity contribution in [2.45, 2.75) is 39.0 Å². The van der Waals surface area contributed by atoms with Gasteiger partial charge in [-0.3, -0.25) is 4.79 Å². The number of hydrogen-bond donors (Lipinski definition) is 2. The summed E-state index contributed by atoms with van der Waals surface area (Å²) in [6.07, 6.45) is -3.47. The van der Waals surface area contributed by atoms with E-state index >= 15 is 0 Å². The first-order valence-electron chi connectivity index (χ1n) is 12.1. The molecule has 3 rings (SSSR count). The predicted molar refractivity (Wildman–Crippen MR) is 131 cm³/mol. The van der Waals surface area contributed by atoms with Gasteiger partial charge in [0, 0.05) is 38.4 Å². The van der Waals surface area contributed by atoms with E-state index in [-0.39, 0.29) is 37.2 Å². The van der Waals surface area contributed by atoms with Gasteiger partial charge in [-0.25, -0.2) is 4.79 Å². The molecular weight excluding hydrogens is 473 g/mol. The third kappa shape index (κ3) is 7.13. The van der Waals surface area contributed by atoms with Gasteiger partial charge in [0.05, 0.1) is 18.7 Å². The number of nitrogens with one attached hydrogen (secondary N) is 2. The van der Waals surface area contributed by atoms with Crippen molar-refractivity contribution < 1.29 is 27.5 Å². The summed E-state index contributed by atoms with van der Waals surface area (Å²) in [4.78, 5) is 28.4. The molecule has 0 aliphatic carbocycles. The average molecular weight is 507 g/mol. The third-order valence-corrected chi connectivity index (χ3v) is 6.05. The van der Waals surface area contributed by atoms with Gasteiger partial charge in [-0.2, -0.15) is 13.2 Å². The largest absolute Gasteiger partial charge is 0.449 e. The molecule has 0 atom stereocenters. The molecule has 0 saturated heterocycles. The van der Waals surface area contributed by atoms with Crippen molar-refractivity contribution in [1.82, 2.24) is 15.1 Å². The zero-order valence-corrected chi connectivity index (χ0v) is 20.7. The summed E-state index contributed by atoms with van der Waals surface area (Å²) in [7, 11) is 1.72. The van der Waals surface area contributed by atoms with Crippen LogP contribution in [0.2, 0.25) is 0 Å². The lowest BCUT2D eigenvalue weighted by molar-refractivity contribution is -0.139. The molecule has 1 aliphatic rings. The molecule has 196 valence electrons. The first-order valence-corrected chi connectivity index (χ1v) is 12.1. The summed E-state index contributed by atoms with van der Waals surface area (Å²) in [5.74, 6) is -0.305. The number of rotatable bonds is 10. The fourth-order valence-corrected chi connectivity index (χ4v) is 4.17. The molecule has 0 fully saturated rings. The highest BCUT2D eigenvalue weighted by atomic mass is 19.4. The van der Waals surface area contributed by atoms with E-state index in [0.717, 1.165) is 29.3 Å². The maximum Gasteiger partial charge on any atom is 0.416 e. The smallest absolute Gasteiger partial charge is 0.416 e. The minimum Gasteiger partial charge on any atom is -0.449 e. The van der Waals surface area contributed by atoms with Crippen LogP contribution in [0, 0.1) is 0 Å². The Morgan fingerprint density at radius 2 is 1.92 bits per heavy atom. The fourth-order valence-electron chi connectivity index (χ4n) is 4.17. The number of amides is 2. The maximum atomic E-state index is 13.5. The van der Waals surface area contributed by atoms with Crippen molar-refractivity contribution in [3.05, 3.63) is 64.7 Å². The second-order valence-corrected chi connectivity index (χ2v) is 8.66. The highest BCUT2D eigenvalue weighted by molar-refractivity contribution is 5.81. The van der Waals surface area contributed by atoms with Crippen LogP contribution in [-0.2, 0) is 35.2 Å². The highest BCUT2D eigenvalue weighted by Crippen LogP contribution is 2.32. The van der Waals surface area contributed by atoms with Crippen LogP contribution in [0.4, 0.5) is 23.7 Å². The van der Waals surface area contributed by atoms with Crippen molar-refractivity contribution in [3.8, 4) is 0 Å². The lowest BCUT2D eigenvalue weighted by Gasteiger charge is -2.30. The van der Waals surface area contributed by atoms with Crippen molar-refractivity contribution in [2.24, 2.45) is 0 Å². The van der Waals surface area contributed by atoms with Crippen molar-refractivity contribution in [2.75, 3.05) is 45.2 Å². The standard InChI is InChI=1S/C26H33F3N4O3/c1-3-15-36-25(35)33-13-11-21-19(17-33)8-6-10-23(21)31-16-24(34)32(14-12-30-2)18-20-7-4-5-9-22(20)26(27,28)29/h4-10,30-31H,3,11-18H2,1-2H3.